The maximum absolute atomic E-state index is 9.64. The number of hydrogen-bond acceptors (Lipinski definition) is 5. The molecule has 1 aliphatic heterocycles. The highest BCUT2D eigenvalue weighted by atomic mass is 16.5. The summed E-state index contributed by atoms with van der Waals surface area (Å²) >= 11 is 0. The predicted octanol–water partition coefficient (Wildman–Crippen LogP) is 10.9. The van der Waals surface area contributed by atoms with Crippen molar-refractivity contribution in [3.8, 4) is 74.0 Å². The van der Waals surface area contributed by atoms with E-state index in [2.05, 4.69) is 84.9 Å². The van der Waals surface area contributed by atoms with Crippen LogP contribution in [0.3, 0.4) is 0 Å². The van der Waals surface area contributed by atoms with E-state index in [0.29, 0.717) is 23.0 Å². The lowest BCUT2D eigenvalue weighted by molar-refractivity contribution is 0.436. The summed E-state index contributed by atoms with van der Waals surface area (Å²) in [6.45, 7) is 0. The topological polar surface area (TPSA) is 71.7 Å². The molecule has 0 saturated carbocycles. The summed E-state index contributed by atoms with van der Waals surface area (Å²) in [6.07, 6.45) is 0. The van der Waals surface area contributed by atoms with Crippen LogP contribution in [0.5, 0.6) is 11.5 Å². The van der Waals surface area contributed by atoms with Crippen LogP contribution in [-0.2, 0) is 5.41 Å². The van der Waals surface area contributed by atoms with Gasteiger partial charge in [-0.3, -0.25) is 0 Å². The zero-order valence-corrected chi connectivity index (χ0v) is 27.9. The molecule has 5 nitrogen and oxygen atoms in total. The first kappa shape index (κ1) is 29.7. The van der Waals surface area contributed by atoms with Gasteiger partial charge in [0.15, 0.2) is 17.5 Å². The van der Waals surface area contributed by atoms with Gasteiger partial charge in [-0.05, 0) is 63.7 Å². The van der Waals surface area contributed by atoms with Crippen molar-refractivity contribution < 1.29 is 4.74 Å². The van der Waals surface area contributed by atoms with E-state index in [1.807, 2.05) is 91.0 Å². The monoisotopic (exact) mass is 664 g/mol. The maximum Gasteiger partial charge on any atom is 0.164 e. The molecule has 0 bridgehead atoms. The Hall–Kier alpha value is -7.16. The summed E-state index contributed by atoms with van der Waals surface area (Å²) in [5.74, 6) is 3.29. The van der Waals surface area contributed by atoms with Crippen LogP contribution < -0.4 is 4.74 Å². The summed E-state index contributed by atoms with van der Waals surface area (Å²) in [5, 5.41) is 9.64. The van der Waals surface area contributed by atoms with Crippen LogP contribution in [0.15, 0.2) is 170 Å². The lowest BCUT2D eigenvalue weighted by Gasteiger charge is -2.40. The number of aromatic nitrogens is 3. The Kier molecular flexibility index (Phi) is 6.70. The molecule has 0 saturated heterocycles. The second kappa shape index (κ2) is 11.7. The molecule has 2 aliphatic rings. The Morgan fingerprint density at radius 1 is 0.404 bits per heavy atom. The van der Waals surface area contributed by atoms with Gasteiger partial charge in [-0.25, -0.2) is 15.0 Å². The molecule has 0 radical (unpaired) electrons. The van der Waals surface area contributed by atoms with Gasteiger partial charge >= 0.3 is 0 Å². The molecule has 2 heterocycles. The van der Waals surface area contributed by atoms with E-state index in [9.17, 15) is 5.26 Å². The van der Waals surface area contributed by atoms with Gasteiger partial charge in [0, 0.05) is 27.8 Å². The number of hydrogen-bond donors (Lipinski definition) is 0. The van der Waals surface area contributed by atoms with Gasteiger partial charge in [0.05, 0.1) is 17.0 Å². The van der Waals surface area contributed by atoms with Crippen molar-refractivity contribution in [1.82, 2.24) is 15.0 Å². The van der Waals surface area contributed by atoms with E-state index in [1.54, 1.807) is 0 Å². The molecule has 0 amide bonds. The minimum Gasteiger partial charge on any atom is -0.457 e. The van der Waals surface area contributed by atoms with Gasteiger partial charge in [-0.2, -0.15) is 5.26 Å². The minimum absolute atomic E-state index is 0.545. The van der Waals surface area contributed by atoms with Crippen LogP contribution in [-0.4, -0.2) is 15.0 Å². The summed E-state index contributed by atoms with van der Waals surface area (Å²) < 4.78 is 6.87. The van der Waals surface area contributed by atoms with Crippen LogP contribution >= 0.6 is 0 Å². The molecule has 52 heavy (non-hydrogen) atoms. The normalized spacial score (nSPS) is 12.9. The predicted molar refractivity (Wildman–Crippen MR) is 204 cm³/mol. The summed E-state index contributed by atoms with van der Waals surface area (Å²) in [6, 6.07) is 60.1. The highest BCUT2D eigenvalue weighted by Crippen LogP contribution is 2.62. The van der Waals surface area contributed by atoms with Crippen molar-refractivity contribution in [2.45, 2.75) is 5.41 Å². The SMILES string of the molecule is N#Cc1ccc(-c2cc3c(cc2-c2nc(-c4ccccc4)nc(-c4ccccc4)n2)C2(c4ccccc4O3)c3ccccc3-c3ccccc32)cc1. The first-order valence-electron chi connectivity index (χ1n) is 17.3. The number of nitriles is 1. The Labute approximate surface area is 301 Å². The average Bonchev–Trinajstić information content (AvgIpc) is 3.51. The van der Waals surface area contributed by atoms with E-state index in [-0.39, 0.29) is 0 Å². The average molecular weight is 665 g/mol. The van der Waals surface area contributed by atoms with Gasteiger partial charge < -0.3 is 4.74 Å². The smallest absolute Gasteiger partial charge is 0.164 e. The highest BCUT2D eigenvalue weighted by molar-refractivity contribution is 5.91. The lowest BCUT2D eigenvalue weighted by Crippen LogP contribution is -2.32. The van der Waals surface area contributed by atoms with Crippen LogP contribution in [0.25, 0.3) is 56.4 Å². The molecule has 8 aromatic rings. The second-order valence-corrected chi connectivity index (χ2v) is 13.1. The second-order valence-electron chi connectivity index (χ2n) is 13.1. The van der Waals surface area contributed by atoms with Crippen molar-refractivity contribution in [2.75, 3.05) is 0 Å². The molecule has 242 valence electrons. The van der Waals surface area contributed by atoms with Crippen LogP contribution in [0.2, 0.25) is 0 Å². The standard InChI is InChI=1S/C47H28N4O/c48-29-30-23-25-31(26-24-30)36-28-43-41(27-37(36)46-50-44(32-13-3-1-4-14-32)49-45(51-46)33-15-5-2-6-16-33)47(40-21-11-12-22-42(40)52-43)38-19-9-7-17-34(38)35-18-8-10-20-39(35)47/h1-28H. The highest BCUT2D eigenvalue weighted by Gasteiger charge is 2.51. The Balaban J connectivity index is 1.32. The largest absolute Gasteiger partial charge is 0.457 e. The van der Waals surface area contributed by atoms with E-state index in [4.69, 9.17) is 19.7 Å². The van der Waals surface area contributed by atoms with Crippen molar-refractivity contribution >= 4 is 0 Å². The molecular weight excluding hydrogens is 637 g/mol. The van der Waals surface area contributed by atoms with Gasteiger partial charge in [0.1, 0.15) is 11.5 Å². The molecule has 1 aliphatic carbocycles. The zero-order valence-electron chi connectivity index (χ0n) is 27.9. The van der Waals surface area contributed by atoms with Gasteiger partial charge in [-0.15, -0.1) is 0 Å². The molecule has 0 N–H and O–H groups in total. The van der Waals surface area contributed by atoms with Crippen LogP contribution in [0, 0.1) is 11.3 Å². The Morgan fingerprint density at radius 3 is 1.52 bits per heavy atom. The molecule has 1 spiro atoms. The van der Waals surface area contributed by atoms with Crippen molar-refractivity contribution in [2.24, 2.45) is 0 Å². The van der Waals surface area contributed by atoms with E-state index in [0.717, 1.165) is 50.4 Å². The number of ether oxygens (including phenoxy) is 1. The third-order valence-corrected chi connectivity index (χ3v) is 10.3. The summed E-state index contributed by atoms with van der Waals surface area (Å²) in [5.41, 5.74) is 11.3. The molecule has 10 rings (SSSR count). The Morgan fingerprint density at radius 2 is 0.923 bits per heavy atom. The molecule has 7 aromatic carbocycles. The molecule has 5 heteroatoms. The van der Waals surface area contributed by atoms with E-state index in [1.165, 1.54) is 22.3 Å². The zero-order chi connectivity index (χ0) is 34.6. The van der Waals surface area contributed by atoms with Gasteiger partial charge in [0.2, 0.25) is 0 Å². The quantitative estimate of drug-likeness (QED) is 0.187. The third-order valence-electron chi connectivity index (χ3n) is 10.3. The Bertz CT molecular complexity index is 2610. The van der Waals surface area contributed by atoms with Crippen molar-refractivity contribution in [3.05, 3.63) is 198 Å². The molecule has 1 aromatic heterocycles. The summed E-state index contributed by atoms with van der Waals surface area (Å²) in [7, 11) is 0. The number of nitrogens with zero attached hydrogens (tertiary/aromatic N) is 4. The van der Waals surface area contributed by atoms with Gasteiger partial charge in [0.25, 0.3) is 0 Å². The number of benzene rings is 7. The fourth-order valence-corrected chi connectivity index (χ4v) is 7.98. The van der Waals surface area contributed by atoms with Gasteiger partial charge in [-0.1, -0.05) is 140 Å². The third kappa shape index (κ3) is 4.45. The van der Waals surface area contributed by atoms with Crippen molar-refractivity contribution in [3.63, 3.8) is 0 Å². The molecule has 0 atom stereocenters. The lowest BCUT2D eigenvalue weighted by atomic mass is 9.65. The number of para-hydroxylation sites is 1. The fraction of sp³-hybridized carbons (Fsp3) is 0.0213. The fourth-order valence-electron chi connectivity index (χ4n) is 7.98. The molecule has 0 unspecified atom stereocenters. The first-order chi connectivity index (χ1) is 25.7. The first-order valence-corrected chi connectivity index (χ1v) is 17.3. The minimum atomic E-state index is -0.660. The number of rotatable bonds is 4. The van der Waals surface area contributed by atoms with Crippen LogP contribution in [0.4, 0.5) is 0 Å². The molecule has 0 fully saturated rings. The molecular formula is C47H28N4O. The van der Waals surface area contributed by atoms with Crippen LogP contribution in [0.1, 0.15) is 27.8 Å². The maximum atomic E-state index is 9.64. The number of fused-ring (bicyclic) bond motifs is 9. The summed E-state index contributed by atoms with van der Waals surface area (Å²) in [4.78, 5) is 15.4. The van der Waals surface area contributed by atoms with Crippen molar-refractivity contribution in [1.29, 1.82) is 5.26 Å². The van der Waals surface area contributed by atoms with E-state index < -0.39 is 5.41 Å². The van der Waals surface area contributed by atoms with E-state index >= 15 is 0 Å².